The lowest BCUT2D eigenvalue weighted by Gasteiger charge is -2.33. The Bertz CT molecular complexity index is 1190. The normalized spacial score (nSPS) is 21.9. The summed E-state index contributed by atoms with van der Waals surface area (Å²) < 4.78 is 20.2. The number of hydrogen-bond acceptors (Lipinski definition) is 4. The van der Waals surface area contributed by atoms with E-state index in [1.807, 2.05) is 48.5 Å². The summed E-state index contributed by atoms with van der Waals surface area (Å²) in [7, 11) is 1.62. The van der Waals surface area contributed by atoms with Crippen LogP contribution in [0.5, 0.6) is 5.75 Å². The first-order valence-corrected chi connectivity index (χ1v) is 10.9. The van der Waals surface area contributed by atoms with E-state index in [2.05, 4.69) is 16.7 Å². The molecule has 0 radical (unpaired) electrons. The number of halogens is 2. The van der Waals surface area contributed by atoms with E-state index >= 15 is 0 Å². The van der Waals surface area contributed by atoms with Crippen molar-refractivity contribution in [3.8, 4) is 5.75 Å². The van der Waals surface area contributed by atoms with Crippen LogP contribution in [-0.2, 0) is 4.79 Å². The number of carbonyl (C=O) groups excluding carboxylic acids is 1. The fourth-order valence-corrected chi connectivity index (χ4v) is 4.90. The molecule has 4 nitrogen and oxygen atoms in total. The second-order valence-corrected chi connectivity index (χ2v) is 8.48. The van der Waals surface area contributed by atoms with Crippen molar-refractivity contribution in [1.29, 1.82) is 0 Å². The van der Waals surface area contributed by atoms with Crippen LogP contribution in [0, 0.1) is 11.7 Å². The highest BCUT2D eigenvalue weighted by molar-refractivity contribution is 6.31. The molecule has 0 fully saturated rings. The zero-order valence-corrected chi connectivity index (χ0v) is 18.2. The number of para-hydroxylation sites is 2. The minimum absolute atomic E-state index is 0.0282. The van der Waals surface area contributed by atoms with E-state index in [4.69, 9.17) is 16.3 Å². The predicted molar refractivity (Wildman–Crippen MR) is 125 cm³/mol. The van der Waals surface area contributed by atoms with Crippen LogP contribution in [0.15, 0.2) is 78.5 Å². The van der Waals surface area contributed by atoms with Gasteiger partial charge < -0.3 is 15.4 Å². The van der Waals surface area contributed by atoms with Crippen molar-refractivity contribution in [1.82, 2.24) is 0 Å². The second-order valence-electron chi connectivity index (χ2n) is 8.08. The zero-order valence-electron chi connectivity index (χ0n) is 17.4. The van der Waals surface area contributed by atoms with Crippen LogP contribution in [0.2, 0.25) is 5.02 Å². The zero-order chi connectivity index (χ0) is 22.2. The average Bonchev–Trinajstić information content (AvgIpc) is 2.96. The summed E-state index contributed by atoms with van der Waals surface area (Å²) in [6, 6.07) is 19.4. The Hall–Kier alpha value is -3.31. The van der Waals surface area contributed by atoms with E-state index in [1.54, 1.807) is 19.2 Å². The minimum Gasteiger partial charge on any atom is -0.497 e. The third-order valence-electron chi connectivity index (χ3n) is 6.19. The first-order valence-electron chi connectivity index (χ1n) is 10.5. The van der Waals surface area contributed by atoms with Crippen LogP contribution in [0.4, 0.5) is 15.8 Å². The Balaban J connectivity index is 1.63. The molecule has 32 heavy (non-hydrogen) atoms. The number of allylic oxidation sites excluding steroid dienone is 1. The average molecular weight is 449 g/mol. The molecule has 2 aliphatic rings. The Morgan fingerprint density at radius 2 is 1.75 bits per heavy atom. The lowest BCUT2D eigenvalue weighted by Crippen LogP contribution is -2.34. The highest BCUT2D eigenvalue weighted by atomic mass is 35.5. The van der Waals surface area contributed by atoms with Gasteiger partial charge in [-0.15, -0.1) is 0 Å². The second kappa shape index (κ2) is 8.32. The monoisotopic (exact) mass is 448 g/mol. The maximum atomic E-state index is 15.0. The van der Waals surface area contributed by atoms with Crippen molar-refractivity contribution >= 4 is 28.8 Å². The molecule has 0 aromatic heterocycles. The van der Waals surface area contributed by atoms with Crippen LogP contribution in [0.25, 0.3) is 0 Å². The summed E-state index contributed by atoms with van der Waals surface area (Å²) in [5.74, 6) is -0.318. The summed E-state index contributed by atoms with van der Waals surface area (Å²) >= 11 is 6.43. The number of ketones is 1. The Labute approximate surface area is 191 Å². The quantitative estimate of drug-likeness (QED) is 0.492. The predicted octanol–water partition coefficient (Wildman–Crippen LogP) is 6.32. The summed E-state index contributed by atoms with van der Waals surface area (Å²) in [6.07, 6.45) is 2.40. The van der Waals surface area contributed by atoms with E-state index in [9.17, 15) is 9.18 Å². The molecule has 0 saturated carbocycles. The van der Waals surface area contributed by atoms with Gasteiger partial charge in [-0.25, -0.2) is 4.39 Å². The SMILES string of the molecule is COc1ccc([C@H]2C=C3Nc4ccccc4N[C@H](c4c(F)cccc4Cl)[C@H]3C(=O)C2)cc1. The van der Waals surface area contributed by atoms with Gasteiger partial charge in [0.25, 0.3) is 0 Å². The van der Waals surface area contributed by atoms with Crippen molar-refractivity contribution in [2.75, 3.05) is 17.7 Å². The van der Waals surface area contributed by atoms with Crippen LogP contribution in [-0.4, -0.2) is 12.9 Å². The van der Waals surface area contributed by atoms with Gasteiger partial charge in [0, 0.05) is 28.6 Å². The Morgan fingerprint density at radius 3 is 2.47 bits per heavy atom. The van der Waals surface area contributed by atoms with E-state index in [1.165, 1.54) is 6.07 Å². The van der Waals surface area contributed by atoms with Gasteiger partial charge in [0.2, 0.25) is 0 Å². The maximum absolute atomic E-state index is 15.0. The lowest BCUT2D eigenvalue weighted by atomic mass is 9.76. The number of benzene rings is 3. The molecular formula is C26H22ClFN2O2. The van der Waals surface area contributed by atoms with Crippen molar-refractivity contribution in [2.45, 2.75) is 18.4 Å². The Morgan fingerprint density at radius 1 is 1.00 bits per heavy atom. The number of rotatable bonds is 3. The molecule has 2 N–H and O–H groups in total. The molecule has 1 aliphatic heterocycles. The van der Waals surface area contributed by atoms with Crippen LogP contribution in [0.1, 0.15) is 29.5 Å². The van der Waals surface area contributed by atoms with Gasteiger partial charge in [-0.2, -0.15) is 0 Å². The number of carbonyl (C=O) groups is 1. The van der Waals surface area contributed by atoms with E-state index in [0.29, 0.717) is 17.0 Å². The summed E-state index contributed by atoms with van der Waals surface area (Å²) in [4.78, 5) is 13.5. The smallest absolute Gasteiger partial charge is 0.145 e. The topological polar surface area (TPSA) is 50.4 Å². The summed E-state index contributed by atoms with van der Waals surface area (Å²) in [6.45, 7) is 0. The molecule has 0 spiro atoms. The van der Waals surface area contributed by atoms with Crippen LogP contribution >= 0.6 is 11.6 Å². The highest BCUT2D eigenvalue weighted by Crippen LogP contribution is 2.46. The minimum atomic E-state index is -0.629. The van der Waals surface area contributed by atoms with Gasteiger partial charge >= 0.3 is 0 Å². The van der Waals surface area contributed by atoms with Crippen LogP contribution in [0.3, 0.4) is 0 Å². The molecule has 3 aromatic carbocycles. The molecule has 3 aromatic rings. The third-order valence-corrected chi connectivity index (χ3v) is 6.52. The number of Topliss-reactive ketones (excluding diaryl/α,β-unsaturated/α-hetero) is 1. The molecular weight excluding hydrogens is 427 g/mol. The molecule has 5 rings (SSSR count). The first kappa shape index (κ1) is 20.6. The van der Waals surface area contributed by atoms with Crippen molar-refractivity contribution in [3.63, 3.8) is 0 Å². The Kier molecular flexibility index (Phi) is 5.35. The molecule has 0 bridgehead atoms. The standard InChI is InChI=1S/C26H22ClFN2O2/c1-32-17-11-9-15(10-12-17)16-13-22-25(23(31)14-16)26(24-18(27)5-4-6-19(24)28)30-21-8-3-2-7-20(21)29-22/h2-13,16,25-26,29-30H,14H2,1H3/t16-,25+,26+/m0/s1. The molecule has 0 saturated heterocycles. The van der Waals surface area contributed by atoms with E-state index in [0.717, 1.165) is 28.4 Å². The van der Waals surface area contributed by atoms with Crippen molar-refractivity contribution in [2.24, 2.45) is 5.92 Å². The fraction of sp³-hybridized carbons (Fsp3) is 0.192. The van der Waals surface area contributed by atoms with E-state index in [-0.39, 0.29) is 11.7 Å². The number of ether oxygens (including phenoxy) is 1. The van der Waals surface area contributed by atoms with Crippen molar-refractivity contribution < 1.29 is 13.9 Å². The van der Waals surface area contributed by atoms with Gasteiger partial charge in [0.1, 0.15) is 17.3 Å². The van der Waals surface area contributed by atoms with Gasteiger partial charge in [0.15, 0.2) is 0 Å². The number of methoxy groups -OCH3 is 1. The number of anilines is 2. The summed E-state index contributed by atoms with van der Waals surface area (Å²) in [5, 5.41) is 7.13. The van der Waals surface area contributed by atoms with Gasteiger partial charge in [0.05, 0.1) is 30.4 Å². The fourth-order valence-electron chi connectivity index (χ4n) is 4.62. The van der Waals surface area contributed by atoms with Crippen LogP contribution < -0.4 is 15.4 Å². The first-order chi connectivity index (χ1) is 15.5. The van der Waals surface area contributed by atoms with E-state index < -0.39 is 17.8 Å². The molecule has 3 atom stereocenters. The number of fused-ring (bicyclic) bond motifs is 2. The van der Waals surface area contributed by atoms with Crippen molar-refractivity contribution in [3.05, 3.63) is 100 Å². The summed E-state index contributed by atoms with van der Waals surface area (Å²) in [5.41, 5.74) is 3.71. The molecule has 1 heterocycles. The lowest BCUT2D eigenvalue weighted by molar-refractivity contribution is -0.122. The largest absolute Gasteiger partial charge is 0.497 e. The molecule has 0 amide bonds. The van der Waals surface area contributed by atoms with Gasteiger partial charge in [-0.1, -0.05) is 48.0 Å². The number of hydrogen-bond donors (Lipinski definition) is 2. The van der Waals surface area contributed by atoms with Gasteiger partial charge in [-0.05, 0) is 42.0 Å². The molecule has 162 valence electrons. The molecule has 6 heteroatoms. The third kappa shape index (κ3) is 3.63. The maximum Gasteiger partial charge on any atom is 0.145 e. The molecule has 0 unspecified atom stereocenters. The number of nitrogens with one attached hydrogen (secondary N) is 2. The highest BCUT2D eigenvalue weighted by Gasteiger charge is 2.41. The van der Waals surface area contributed by atoms with Gasteiger partial charge in [-0.3, -0.25) is 4.79 Å². The molecule has 1 aliphatic carbocycles.